The van der Waals surface area contributed by atoms with Gasteiger partial charge in [0.2, 0.25) is 0 Å². The summed E-state index contributed by atoms with van der Waals surface area (Å²) in [6.07, 6.45) is -3.82. The van der Waals surface area contributed by atoms with Crippen molar-refractivity contribution in [3.63, 3.8) is 0 Å². The van der Waals surface area contributed by atoms with E-state index in [0.29, 0.717) is 10.6 Å². The zero-order valence-electron chi connectivity index (χ0n) is 14.1. The molecule has 1 aromatic carbocycles. The highest BCUT2D eigenvalue weighted by Crippen LogP contribution is 2.30. The number of carbonyl (C=O) groups excluding carboxylic acids is 1. The molecular formula is C18H21ClF3NO. The van der Waals surface area contributed by atoms with Crippen LogP contribution in [0, 0.1) is 0 Å². The molecule has 0 aliphatic carbocycles. The van der Waals surface area contributed by atoms with Gasteiger partial charge >= 0.3 is 6.18 Å². The second kappa shape index (κ2) is 7.88. The van der Waals surface area contributed by atoms with Gasteiger partial charge < -0.3 is 4.90 Å². The normalized spacial score (nSPS) is 12.7. The van der Waals surface area contributed by atoms with Crippen molar-refractivity contribution in [2.45, 2.75) is 46.0 Å². The van der Waals surface area contributed by atoms with Crippen molar-refractivity contribution in [3.8, 4) is 0 Å². The van der Waals surface area contributed by atoms with E-state index in [0.717, 1.165) is 6.08 Å². The molecule has 0 aliphatic heterocycles. The van der Waals surface area contributed by atoms with Gasteiger partial charge in [-0.3, -0.25) is 4.79 Å². The Morgan fingerprint density at radius 3 is 2.17 bits per heavy atom. The molecule has 1 amide bonds. The Bertz CT molecular complexity index is 640. The Balaban J connectivity index is 3.46. The highest BCUT2D eigenvalue weighted by atomic mass is 35.5. The van der Waals surface area contributed by atoms with E-state index in [9.17, 15) is 18.0 Å². The smallest absolute Gasteiger partial charge is 0.334 e. The van der Waals surface area contributed by atoms with Gasteiger partial charge in [0.15, 0.2) is 0 Å². The molecule has 0 fully saturated rings. The first-order chi connectivity index (χ1) is 10.9. The summed E-state index contributed by atoms with van der Waals surface area (Å²) in [5.74, 6) is -0.493. The fourth-order valence-electron chi connectivity index (χ4n) is 2.39. The van der Waals surface area contributed by atoms with E-state index < -0.39 is 17.7 Å². The predicted molar refractivity (Wildman–Crippen MR) is 91.7 cm³/mol. The number of hydrogen-bond donors (Lipinski definition) is 0. The van der Waals surface area contributed by atoms with Gasteiger partial charge in [-0.15, -0.1) is 0 Å². The molecule has 0 aliphatic rings. The second-order valence-corrected chi connectivity index (χ2v) is 6.43. The Kier molecular flexibility index (Phi) is 6.67. The lowest BCUT2D eigenvalue weighted by Crippen LogP contribution is -2.42. The number of hydrogen-bond acceptors (Lipinski definition) is 1. The molecule has 0 radical (unpaired) electrons. The van der Waals surface area contributed by atoms with Crippen molar-refractivity contribution in [1.82, 2.24) is 4.90 Å². The van der Waals surface area contributed by atoms with E-state index in [4.69, 9.17) is 11.6 Å². The summed E-state index contributed by atoms with van der Waals surface area (Å²) >= 11 is 5.93. The third-order valence-corrected chi connectivity index (χ3v) is 3.63. The lowest BCUT2D eigenvalue weighted by atomic mass is 10.0. The molecule has 0 saturated carbocycles. The van der Waals surface area contributed by atoms with Gasteiger partial charge in [-0.05, 0) is 51.5 Å². The zero-order valence-corrected chi connectivity index (χ0v) is 14.9. The summed E-state index contributed by atoms with van der Waals surface area (Å²) in [5, 5.41) is 0.337. The van der Waals surface area contributed by atoms with Crippen LogP contribution in [0.3, 0.4) is 0 Å². The number of rotatable bonds is 5. The van der Waals surface area contributed by atoms with Gasteiger partial charge in [0.1, 0.15) is 0 Å². The van der Waals surface area contributed by atoms with Crippen LogP contribution in [0.15, 0.2) is 42.5 Å². The molecule has 0 aromatic heterocycles. The van der Waals surface area contributed by atoms with Crippen molar-refractivity contribution in [2.24, 2.45) is 0 Å². The highest BCUT2D eigenvalue weighted by Gasteiger charge is 2.32. The lowest BCUT2D eigenvalue weighted by Gasteiger charge is -2.32. The zero-order chi connectivity index (χ0) is 18.7. The monoisotopic (exact) mass is 359 g/mol. The van der Waals surface area contributed by atoms with Gasteiger partial charge in [0.25, 0.3) is 5.91 Å². The number of nitrogens with zero attached hydrogens (tertiary/aromatic N) is 1. The van der Waals surface area contributed by atoms with Crippen LogP contribution in [-0.2, 0) is 4.79 Å². The number of allylic oxidation sites excluding steroid dienone is 2. The van der Waals surface area contributed by atoms with Crippen molar-refractivity contribution < 1.29 is 18.0 Å². The van der Waals surface area contributed by atoms with Crippen LogP contribution < -0.4 is 0 Å². The van der Waals surface area contributed by atoms with E-state index in [1.54, 1.807) is 18.2 Å². The molecule has 0 unspecified atom stereocenters. The van der Waals surface area contributed by atoms with E-state index in [2.05, 4.69) is 6.58 Å². The second-order valence-electron chi connectivity index (χ2n) is 5.99. The maximum absolute atomic E-state index is 12.9. The maximum Gasteiger partial charge on any atom is 0.415 e. The van der Waals surface area contributed by atoms with Crippen LogP contribution in [0.2, 0.25) is 5.02 Å². The molecule has 0 saturated heterocycles. The number of amides is 1. The molecule has 6 heteroatoms. The van der Waals surface area contributed by atoms with E-state index in [-0.39, 0.29) is 17.7 Å². The Morgan fingerprint density at radius 2 is 1.75 bits per heavy atom. The van der Waals surface area contributed by atoms with Crippen LogP contribution in [0.5, 0.6) is 0 Å². The molecule has 24 heavy (non-hydrogen) atoms. The van der Waals surface area contributed by atoms with Gasteiger partial charge in [0, 0.05) is 28.3 Å². The number of benzene rings is 1. The average molecular weight is 360 g/mol. The van der Waals surface area contributed by atoms with Gasteiger partial charge in [-0.2, -0.15) is 13.2 Å². The van der Waals surface area contributed by atoms with Gasteiger partial charge in [-0.25, -0.2) is 0 Å². The average Bonchev–Trinajstić information content (AvgIpc) is 2.42. The van der Waals surface area contributed by atoms with Crippen molar-refractivity contribution >= 4 is 23.1 Å². The van der Waals surface area contributed by atoms with Crippen molar-refractivity contribution in [2.75, 3.05) is 0 Å². The minimum Gasteiger partial charge on any atom is -0.334 e. The first-order valence-electron chi connectivity index (χ1n) is 7.51. The number of carbonyl (C=O) groups is 1. The quantitative estimate of drug-likeness (QED) is 0.503. The third kappa shape index (κ3) is 5.13. The highest BCUT2D eigenvalue weighted by molar-refractivity contribution is 6.31. The van der Waals surface area contributed by atoms with E-state index in [1.165, 1.54) is 11.0 Å². The number of alkyl halides is 3. The van der Waals surface area contributed by atoms with Crippen molar-refractivity contribution in [3.05, 3.63) is 53.1 Å². The summed E-state index contributed by atoms with van der Waals surface area (Å²) in [7, 11) is 0. The van der Waals surface area contributed by atoms with E-state index >= 15 is 0 Å². The predicted octanol–water partition coefficient (Wildman–Crippen LogP) is 5.49. The molecular weight excluding hydrogens is 339 g/mol. The molecule has 0 heterocycles. The minimum absolute atomic E-state index is 0.0813. The van der Waals surface area contributed by atoms with Gasteiger partial charge in [0.05, 0.1) is 0 Å². The standard InChI is InChI=1S/C18H21ClF3NO/c1-11(2)23(12(3)4)17(24)16(9-13(5)18(20,21)22)14-7-6-8-15(19)10-14/h6-12H,5H2,1-4H3/b16-9+. The van der Waals surface area contributed by atoms with Crippen LogP contribution in [-0.4, -0.2) is 29.1 Å². The van der Waals surface area contributed by atoms with Gasteiger partial charge in [-0.1, -0.05) is 30.3 Å². The fourth-order valence-corrected chi connectivity index (χ4v) is 2.58. The Hall–Kier alpha value is -1.75. The molecule has 1 aromatic rings. The topological polar surface area (TPSA) is 20.3 Å². The maximum atomic E-state index is 12.9. The largest absolute Gasteiger partial charge is 0.415 e. The molecule has 1 rings (SSSR count). The summed E-state index contributed by atoms with van der Waals surface area (Å²) in [5.41, 5.74) is -0.843. The minimum atomic E-state index is -4.61. The molecule has 0 atom stereocenters. The summed E-state index contributed by atoms with van der Waals surface area (Å²) in [6.45, 7) is 10.3. The Morgan fingerprint density at radius 1 is 1.21 bits per heavy atom. The van der Waals surface area contributed by atoms with Crippen LogP contribution >= 0.6 is 11.6 Å². The summed E-state index contributed by atoms with van der Waals surface area (Å²) in [6, 6.07) is 5.86. The van der Waals surface area contributed by atoms with Crippen molar-refractivity contribution in [1.29, 1.82) is 0 Å². The first kappa shape index (κ1) is 20.3. The number of halogens is 4. The van der Waals surface area contributed by atoms with Crippen LogP contribution in [0.1, 0.15) is 33.3 Å². The molecule has 0 bridgehead atoms. The molecule has 0 N–H and O–H groups in total. The van der Waals surface area contributed by atoms with E-state index in [1.807, 2.05) is 27.7 Å². The fraction of sp³-hybridized carbons (Fsp3) is 0.389. The first-order valence-corrected chi connectivity index (χ1v) is 7.89. The Labute approximate surface area is 145 Å². The lowest BCUT2D eigenvalue weighted by molar-refractivity contribution is -0.128. The third-order valence-electron chi connectivity index (χ3n) is 3.40. The molecule has 132 valence electrons. The van der Waals surface area contributed by atoms with Crippen LogP contribution in [0.25, 0.3) is 5.57 Å². The summed E-state index contributed by atoms with van der Waals surface area (Å²) in [4.78, 5) is 14.4. The summed E-state index contributed by atoms with van der Waals surface area (Å²) < 4.78 is 38.7. The van der Waals surface area contributed by atoms with Crippen LogP contribution in [0.4, 0.5) is 13.2 Å². The SMILES string of the molecule is C=C(/C=C(/C(=O)N(C(C)C)C(C)C)c1cccc(Cl)c1)C(F)(F)F. The molecule has 0 spiro atoms. The molecule has 2 nitrogen and oxygen atoms in total.